The normalized spacial score (nSPS) is 20.7. The molecule has 0 unspecified atom stereocenters. The van der Waals surface area contributed by atoms with Crippen molar-refractivity contribution in [2.45, 2.75) is 64.9 Å². The second-order valence-corrected chi connectivity index (χ2v) is 11.7. The van der Waals surface area contributed by atoms with Gasteiger partial charge >= 0.3 is 23.7 Å². The monoisotopic (exact) mass is 712 g/mol. The van der Waals surface area contributed by atoms with Crippen LogP contribution in [0.1, 0.15) is 33.3 Å². The van der Waals surface area contributed by atoms with Crippen molar-refractivity contribution in [3.8, 4) is 5.75 Å². The molecular formula is C35H34ClFN2O11. The molecule has 264 valence electrons. The van der Waals surface area contributed by atoms with Crippen LogP contribution in [0, 0.1) is 5.82 Å². The van der Waals surface area contributed by atoms with E-state index >= 15 is 0 Å². The minimum absolute atomic E-state index is 0.0288. The highest BCUT2D eigenvalue weighted by Gasteiger charge is 2.50. The molecule has 0 bridgehead atoms. The van der Waals surface area contributed by atoms with Gasteiger partial charge in [-0.25, -0.2) is 14.2 Å². The van der Waals surface area contributed by atoms with Crippen molar-refractivity contribution in [3.05, 3.63) is 99.2 Å². The Hall–Kier alpha value is -5.05. The minimum atomic E-state index is -1.26. The topological polar surface area (TPSA) is 154 Å². The van der Waals surface area contributed by atoms with E-state index in [4.69, 9.17) is 44.4 Å². The van der Waals surface area contributed by atoms with E-state index in [2.05, 4.69) is 4.99 Å². The molecular weight excluding hydrogens is 679 g/mol. The largest absolute Gasteiger partial charge is 0.491 e. The zero-order valence-electron chi connectivity index (χ0n) is 27.5. The van der Waals surface area contributed by atoms with Gasteiger partial charge in [0, 0.05) is 20.8 Å². The van der Waals surface area contributed by atoms with Gasteiger partial charge in [0.05, 0.1) is 35.4 Å². The number of carbonyl (C=O) groups excluding carboxylic acids is 3. The fraction of sp³-hybridized carbons (Fsp3) is 0.343. The first-order valence-electron chi connectivity index (χ1n) is 15.5. The van der Waals surface area contributed by atoms with Crippen LogP contribution < -0.4 is 16.0 Å². The van der Waals surface area contributed by atoms with Gasteiger partial charge in [0.2, 0.25) is 0 Å². The van der Waals surface area contributed by atoms with Gasteiger partial charge in [-0.2, -0.15) is 0 Å². The predicted molar refractivity (Wildman–Crippen MR) is 175 cm³/mol. The van der Waals surface area contributed by atoms with Crippen LogP contribution in [-0.2, 0) is 44.6 Å². The number of halogens is 2. The summed E-state index contributed by atoms with van der Waals surface area (Å²) in [5.41, 5.74) is 1.56. The Balaban J connectivity index is 1.40. The van der Waals surface area contributed by atoms with Crippen LogP contribution in [0.3, 0.4) is 0 Å². The number of fused-ring (bicyclic) bond motifs is 1. The van der Waals surface area contributed by atoms with Crippen LogP contribution in [0.25, 0.3) is 11.0 Å². The molecule has 2 heterocycles. The van der Waals surface area contributed by atoms with Crippen LogP contribution in [0.2, 0.25) is 5.02 Å². The Labute approximate surface area is 290 Å². The third-order valence-corrected chi connectivity index (χ3v) is 7.74. The quantitative estimate of drug-likeness (QED) is 0.122. The van der Waals surface area contributed by atoms with E-state index in [1.807, 2.05) is 30.3 Å². The van der Waals surface area contributed by atoms with Crippen LogP contribution in [0.5, 0.6) is 5.75 Å². The van der Waals surface area contributed by atoms with Crippen molar-refractivity contribution < 1.29 is 51.6 Å². The molecule has 0 amide bonds. The molecule has 4 aromatic rings. The summed E-state index contributed by atoms with van der Waals surface area (Å²) >= 11 is 6.02. The zero-order valence-corrected chi connectivity index (χ0v) is 28.3. The molecule has 1 aromatic heterocycles. The lowest BCUT2D eigenvalue weighted by Gasteiger charge is -2.43. The number of nitrogens with zero attached hydrogens (tertiary/aromatic N) is 2. The summed E-state index contributed by atoms with van der Waals surface area (Å²) in [5, 5.41) is 0.282. The summed E-state index contributed by atoms with van der Waals surface area (Å²) in [6.07, 6.45) is -5.53. The SMILES string of the molecule is CC(=O)O[C@@H]1[C@@H](OC(C)=O)[C@H](C)O[C@@H](OCCOc2ccc3oc(=O)n(Cc4ccccc4)c(=Nc4ccc(F)c(Cl)c4)c3c2)[C@@H]1OC(C)=O. The Morgan fingerprint density at radius 2 is 1.56 bits per heavy atom. The molecule has 1 fully saturated rings. The van der Waals surface area contributed by atoms with Gasteiger partial charge in [0.25, 0.3) is 0 Å². The first-order valence-corrected chi connectivity index (χ1v) is 15.9. The van der Waals surface area contributed by atoms with E-state index in [0.29, 0.717) is 16.8 Å². The van der Waals surface area contributed by atoms with Gasteiger partial charge in [0.15, 0.2) is 24.6 Å². The van der Waals surface area contributed by atoms with E-state index in [9.17, 15) is 23.6 Å². The highest BCUT2D eigenvalue weighted by molar-refractivity contribution is 6.31. The number of esters is 3. The molecule has 50 heavy (non-hydrogen) atoms. The highest BCUT2D eigenvalue weighted by atomic mass is 35.5. The molecule has 3 aromatic carbocycles. The Morgan fingerprint density at radius 1 is 0.880 bits per heavy atom. The second kappa shape index (κ2) is 16.1. The number of rotatable bonds is 11. The molecule has 5 atom stereocenters. The molecule has 0 N–H and O–H groups in total. The second-order valence-electron chi connectivity index (χ2n) is 11.3. The van der Waals surface area contributed by atoms with Gasteiger partial charge in [-0.1, -0.05) is 41.9 Å². The van der Waals surface area contributed by atoms with Crippen LogP contribution in [0.4, 0.5) is 10.1 Å². The lowest BCUT2D eigenvalue weighted by Crippen LogP contribution is -2.61. The van der Waals surface area contributed by atoms with Gasteiger partial charge in [-0.3, -0.25) is 19.0 Å². The Bertz CT molecular complexity index is 2000. The van der Waals surface area contributed by atoms with Crippen molar-refractivity contribution in [2.75, 3.05) is 13.2 Å². The number of carbonyl (C=O) groups is 3. The average molecular weight is 713 g/mol. The van der Waals surface area contributed by atoms with Gasteiger partial charge in [-0.05, 0) is 48.9 Å². The van der Waals surface area contributed by atoms with Crippen LogP contribution in [-0.4, -0.2) is 66.4 Å². The minimum Gasteiger partial charge on any atom is -0.491 e. The fourth-order valence-corrected chi connectivity index (χ4v) is 5.55. The van der Waals surface area contributed by atoms with Crippen molar-refractivity contribution in [3.63, 3.8) is 0 Å². The summed E-state index contributed by atoms with van der Waals surface area (Å²) in [6.45, 7) is 5.14. The molecule has 1 saturated heterocycles. The van der Waals surface area contributed by atoms with Gasteiger partial charge in [0.1, 0.15) is 29.2 Å². The van der Waals surface area contributed by atoms with Crippen molar-refractivity contribution in [1.29, 1.82) is 0 Å². The lowest BCUT2D eigenvalue weighted by molar-refractivity contribution is -0.301. The molecule has 1 aliphatic heterocycles. The average Bonchev–Trinajstić information content (AvgIpc) is 3.06. The summed E-state index contributed by atoms with van der Waals surface area (Å²) < 4.78 is 54.8. The van der Waals surface area contributed by atoms with E-state index < -0.39 is 60.2 Å². The molecule has 15 heteroatoms. The summed E-state index contributed by atoms with van der Waals surface area (Å²) in [4.78, 5) is 53.5. The zero-order chi connectivity index (χ0) is 35.9. The van der Waals surface area contributed by atoms with E-state index in [1.54, 1.807) is 25.1 Å². The number of ether oxygens (including phenoxy) is 6. The van der Waals surface area contributed by atoms with Crippen molar-refractivity contribution in [2.24, 2.45) is 4.99 Å². The maximum Gasteiger partial charge on any atom is 0.421 e. The molecule has 1 aliphatic rings. The third-order valence-electron chi connectivity index (χ3n) is 7.45. The maximum absolute atomic E-state index is 13.9. The molecule has 0 saturated carbocycles. The lowest BCUT2D eigenvalue weighted by atomic mass is 9.99. The highest BCUT2D eigenvalue weighted by Crippen LogP contribution is 2.29. The van der Waals surface area contributed by atoms with Crippen molar-refractivity contribution >= 4 is 46.2 Å². The molecule has 13 nitrogen and oxygen atoms in total. The maximum atomic E-state index is 13.9. The predicted octanol–water partition coefficient (Wildman–Crippen LogP) is 4.60. The smallest absolute Gasteiger partial charge is 0.421 e. The van der Waals surface area contributed by atoms with Crippen LogP contribution in [0.15, 0.2) is 80.9 Å². The summed E-state index contributed by atoms with van der Waals surface area (Å²) in [7, 11) is 0. The number of hydrogen-bond donors (Lipinski definition) is 0. The van der Waals surface area contributed by atoms with E-state index in [1.165, 1.54) is 43.5 Å². The van der Waals surface area contributed by atoms with Crippen molar-refractivity contribution in [1.82, 2.24) is 4.57 Å². The fourth-order valence-electron chi connectivity index (χ4n) is 5.37. The van der Waals surface area contributed by atoms with Gasteiger partial charge < -0.3 is 32.8 Å². The number of hydrogen-bond acceptors (Lipinski definition) is 12. The summed E-state index contributed by atoms with van der Waals surface area (Å²) in [6, 6.07) is 18.0. The Kier molecular flexibility index (Phi) is 11.7. The van der Waals surface area contributed by atoms with E-state index in [0.717, 1.165) is 5.56 Å². The van der Waals surface area contributed by atoms with E-state index in [-0.39, 0.29) is 35.9 Å². The first-order chi connectivity index (χ1) is 23.9. The standard InChI is InChI=1S/C35H34ClFN2O11/c1-19-30(47-20(2)40)31(48-21(3)41)32(49-22(4)42)34(46-19)45-15-14-44-25-11-13-29-26(17-25)33(38-24-10-12-28(37)27(36)16-24)39(35(43)50-29)18-23-8-6-5-7-9-23/h5-13,16-17,19,30-32,34H,14-15,18H2,1-4H3/t19-,30-,31+,32+,34+/m0/s1. The number of benzene rings is 3. The third kappa shape index (κ3) is 8.94. The first kappa shape index (κ1) is 36.2. The summed E-state index contributed by atoms with van der Waals surface area (Å²) in [5.74, 6) is -2.95. The molecule has 0 radical (unpaired) electrons. The molecule has 0 aliphatic carbocycles. The van der Waals surface area contributed by atoms with Crippen LogP contribution >= 0.6 is 11.6 Å². The van der Waals surface area contributed by atoms with Gasteiger partial charge in [-0.15, -0.1) is 0 Å². The molecule has 5 rings (SSSR count). The Morgan fingerprint density at radius 3 is 2.24 bits per heavy atom. The number of aromatic nitrogens is 1. The molecule has 0 spiro atoms.